The predicted molar refractivity (Wildman–Crippen MR) is 150 cm³/mol. The third-order valence-electron chi connectivity index (χ3n) is 5.09. The molecule has 184 valence electrons. The van der Waals surface area contributed by atoms with E-state index in [1.54, 1.807) is 48.5 Å². The lowest BCUT2D eigenvalue weighted by Crippen LogP contribution is -2.27. The molecule has 1 heterocycles. The monoisotopic (exact) mass is 538 g/mol. The van der Waals surface area contributed by atoms with Crippen LogP contribution in [0.2, 0.25) is 5.02 Å². The number of anilines is 2. The molecule has 0 atom stereocenters. The number of halogens is 1. The summed E-state index contributed by atoms with van der Waals surface area (Å²) >= 11 is 12.7. The van der Waals surface area contributed by atoms with Crippen LogP contribution in [0, 0.1) is 6.92 Å². The zero-order valence-corrected chi connectivity index (χ0v) is 22.0. The molecule has 4 rings (SSSR count). The van der Waals surface area contributed by atoms with Crippen LogP contribution in [-0.4, -0.2) is 29.3 Å². The number of carbonyl (C=O) groups is 2. The third kappa shape index (κ3) is 6.26. The van der Waals surface area contributed by atoms with E-state index in [0.29, 0.717) is 38.0 Å². The quantitative estimate of drug-likeness (QED) is 0.262. The van der Waals surface area contributed by atoms with Gasteiger partial charge in [-0.25, -0.2) is 0 Å². The summed E-state index contributed by atoms with van der Waals surface area (Å²) in [7, 11) is 0. The molecule has 1 saturated heterocycles. The van der Waals surface area contributed by atoms with Gasteiger partial charge in [0, 0.05) is 10.7 Å². The molecule has 3 aromatic rings. The average molecular weight is 539 g/mol. The maximum absolute atomic E-state index is 13.1. The molecule has 1 N–H and O–H groups in total. The van der Waals surface area contributed by atoms with Crippen LogP contribution in [0.5, 0.6) is 11.5 Å². The second-order valence-electron chi connectivity index (χ2n) is 7.84. The van der Waals surface area contributed by atoms with E-state index in [2.05, 4.69) is 5.32 Å². The van der Waals surface area contributed by atoms with Gasteiger partial charge in [0.25, 0.3) is 11.8 Å². The van der Waals surface area contributed by atoms with Crippen molar-refractivity contribution in [3.8, 4) is 11.5 Å². The van der Waals surface area contributed by atoms with Crippen LogP contribution in [0.25, 0.3) is 6.08 Å². The van der Waals surface area contributed by atoms with Gasteiger partial charge in [0.1, 0.15) is 0 Å². The van der Waals surface area contributed by atoms with Gasteiger partial charge in [0.15, 0.2) is 22.4 Å². The van der Waals surface area contributed by atoms with Gasteiger partial charge in [0.2, 0.25) is 0 Å². The minimum atomic E-state index is -0.330. The van der Waals surface area contributed by atoms with Crippen molar-refractivity contribution in [2.75, 3.05) is 23.4 Å². The molecule has 0 spiro atoms. The number of benzene rings is 3. The van der Waals surface area contributed by atoms with Crippen molar-refractivity contribution in [2.45, 2.75) is 13.8 Å². The first-order valence-electron chi connectivity index (χ1n) is 11.1. The fraction of sp³-hybridized carbons (Fsp3) is 0.148. The summed E-state index contributed by atoms with van der Waals surface area (Å²) in [6.07, 6.45) is 1.77. The number of thioether (sulfide) groups is 1. The number of ether oxygens (including phenoxy) is 2. The third-order valence-corrected chi connectivity index (χ3v) is 6.62. The zero-order valence-electron chi connectivity index (χ0n) is 19.6. The molecule has 1 aliphatic heterocycles. The topological polar surface area (TPSA) is 67.9 Å². The first kappa shape index (κ1) is 25.8. The predicted octanol–water partition coefficient (Wildman–Crippen LogP) is 6.47. The molecule has 3 aromatic carbocycles. The highest BCUT2D eigenvalue weighted by molar-refractivity contribution is 8.27. The minimum Gasteiger partial charge on any atom is -0.490 e. The highest BCUT2D eigenvalue weighted by atomic mass is 35.5. The number of rotatable bonds is 8. The van der Waals surface area contributed by atoms with Gasteiger partial charge < -0.3 is 14.8 Å². The van der Waals surface area contributed by atoms with E-state index in [1.807, 2.05) is 38.1 Å². The Bertz CT molecular complexity index is 1360. The molecular weight excluding hydrogens is 516 g/mol. The molecule has 6 nitrogen and oxygen atoms in total. The standard InChI is InChI=1S/C27H23ClN2O4S2/c1-3-33-23-13-18(10-11-22(23)34-16-25(31)29-20-8-5-7-19(28)15-20)14-24-26(32)30(27(35)36-24)21-9-4-6-17(2)12-21/h4-15H,3,16H2,1-2H3,(H,29,31)/b24-14-. The maximum Gasteiger partial charge on any atom is 0.270 e. The average Bonchev–Trinajstić information content (AvgIpc) is 3.11. The van der Waals surface area contributed by atoms with Crippen molar-refractivity contribution in [1.29, 1.82) is 0 Å². The van der Waals surface area contributed by atoms with E-state index in [4.69, 9.17) is 33.3 Å². The van der Waals surface area contributed by atoms with Crippen LogP contribution in [-0.2, 0) is 9.59 Å². The molecule has 2 amide bonds. The van der Waals surface area contributed by atoms with Crippen molar-refractivity contribution < 1.29 is 19.1 Å². The van der Waals surface area contributed by atoms with E-state index in [-0.39, 0.29) is 18.4 Å². The van der Waals surface area contributed by atoms with E-state index in [9.17, 15) is 9.59 Å². The van der Waals surface area contributed by atoms with Crippen molar-refractivity contribution >= 4 is 69.2 Å². The number of amides is 2. The van der Waals surface area contributed by atoms with Gasteiger partial charge in [0.05, 0.1) is 17.2 Å². The SMILES string of the molecule is CCOc1cc(/C=C2\SC(=S)N(c3cccc(C)c3)C2=O)ccc1OCC(=O)Nc1cccc(Cl)c1. The summed E-state index contributed by atoms with van der Waals surface area (Å²) in [6.45, 7) is 4.02. The van der Waals surface area contributed by atoms with Crippen molar-refractivity contribution in [1.82, 2.24) is 0 Å². The highest BCUT2D eigenvalue weighted by Gasteiger charge is 2.33. The molecule has 0 aliphatic carbocycles. The number of nitrogens with one attached hydrogen (secondary N) is 1. The molecule has 9 heteroatoms. The van der Waals surface area contributed by atoms with Gasteiger partial charge in [-0.3, -0.25) is 14.5 Å². The normalized spacial score (nSPS) is 14.3. The van der Waals surface area contributed by atoms with Gasteiger partial charge in [-0.15, -0.1) is 0 Å². The molecule has 0 unspecified atom stereocenters. The lowest BCUT2D eigenvalue weighted by molar-refractivity contribution is -0.118. The van der Waals surface area contributed by atoms with E-state index >= 15 is 0 Å². The molecule has 0 saturated carbocycles. The van der Waals surface area contributed by atoms with E-state index in [1.165, 1.54) is 16.7 Å². The smallest absolute Gasteiger partial charge is 0.270 e. The number of carbonyl (C=O) groups excluding carboxylic acids is 2. The maximum atomic E-state index is 13.1. The van der Waals surface area contributed by atoms with E-state index in [0.717, 1.165) is 16.8 Å². The van der Waals surface area contributed by atoms with Crippen molar-refractivity contribution in [3.63, 3.8) is 0 Å². The number of hydrogen-bond donors (Lipinski definition) is 1. The van der Waals surface area contributed by atoms with Gasteiger partial charge in [-0.1, -0.05) is 59.8 Å². The highest BCUT2D eigenvalue weighted by Crippen LogP contribution is 2.37. The zero-order chi connectivity index (χ0) is 25.7. The molecule has 1 aliphatic rings. The Morgan fingerprint density at radius 3 is 2.64 bits per heavy atom. The van der Waals surface area contributed by atoms with Crippen LogP contribution < -0.4 is 19.7 Å². The van der Waals surface area contributed by atoms with Gasteiger partial charge >= 0.3 is 0 Å². The van der Waals surface area contributed by atoms with Crippen molar-refractivity contribution in [2.24, 2.45) is 0 Å². The molecule has 1 fully saturated rings. The first-order valence-corrected chi connectivity index (χ1v) is 12.7. The Morgan fingerprint density at radius 1 is 1.08 bits per heavy atom. The first-order chi connectivity index (χ1) is 17.3. The Hall–Kier alpha value is -3.33. The van der Waals surface area contributed by atoms with Crippen LogP contribution in [0.15, 0.2) is 71.6 Å². The lowest BCUT2D eigenvalue weighted by atomic mass is 10.1. The second kappa shape index (κ2) is 11.6. The molecule has 0 radical (unpaired) electrons. The Balaban J connectivity index is 1.48. The Kier molecular flexibility index (Phi) is 8.30. The Morgan fingerprint density at radius 2 is 1.89 bits per heavy atom. The molecule has 0 bridgehead atoms. The summed E-state index contributed by atoms with van der Waals surface area (Å²) in [5.41, 5.74) is 3.12. The van der Waals surface area contributed by atoms with Crippen molar-refractivity contribution in [3.05, 3.63) is 87.8 Å². The fourth-order valence-corrected chi connectivity index (χ4v) is 5.01. The van der Waals surface area contributed by atoms with Crippen LogP contribution >= 0.6 is 35.6 Å². The number of thiocarbonyl (C=S) groups is 1. The summed E-state index contributed by atoms with van der Waals surface area (Å²) in [6, 6.07) is 19.8. The Labute approximate surface area is 224 Å². The van der Waals surface area contributed by atoms with Gasteiger partial charge in [-0.2, -0.15) is 0 Å². The fourth-order valence-electron chi connectivity index (χ4n) is 3.52. The summed E-state index contributed by atoms with van der Waals surface area (Å²) in [5.74, 6) is 0.383. The van der Waals surface area contributed by atoms with Crippen LogP contribution in [0.3, 0.4) is 0 Å². The van der Waals surface area contributed by atoms with Crippen LogP contribution in [0.1, 0.15) is 18.1 Å². The molecule has 36 heavy (non-hydrogen) atoms. The lowest BCUT2D eigenvalue weighted by Gasteiger charge is -2.15. The summed E-state index contributed by atoms with van der Waals surface area (Å²) < 4.78 is 11.9. The minimum absolute atomic E-state index is 0.174. The molecule has 0 aromatic heterocycles. The number of nitrogens with zero attached hydrogens (tertiary/aromatic N) is 1. The largest absolute Gasteiger partial charge is 0.490 e. The summed E-state index contributed by atoms with van der Waals surface area (Å²) in [4.78, 5) is 27.5. The second-order valence-corrected chi connectivity index (χ2v) is 9.95. The number of aryl methyl sites for hydroxylation is 1. The number of hydrogen-bond acceptors (Lipinski definition) is 6. The van der Waals surface area contributed by atoms with Crippen LogP contribution in [0.4, 0.5) is 11.4 Å². The van der Waals surface area contributed by atoms with Gasteiger partial charge in [-0.05, 0) is 73.5 Å². The van der Waals surface area contributed by atoms with E-state index < -0.39 is 0 Å². The summed E-state index contributed by atoms with van der Waals surface area (Å²) in [5, 5.41) is 3.26. The molecular formula is C27H23ClN2O4S2.